The molecule has 3 heterocycles. The molecule has 0 unspecified atom stereocenters. The monoisotopic (exact) mass is 327 g/mol. The van der Waals surface area contributed by atoms with E-state index in [-0.39, 0.29) is 23.7 Å². The number of piperazine rings is 1. The van der Waals surface area contributed by atoms with Crippen molar-refractivity contribution in [3.8, 4) is 0 Å². The standard InChI is InChI=1S/C17H21N5O2/c23-15-13-4-1-2-5-14(13)16(24)22(15)12-20-8-10-21(11-9-20)17-18-6-3-7-19-17/h1-3,6-7,13-14H,4-5,8-12H2/t13-,14+. The van der Waals surface area contributed by atoms with Crippen LogP contribution < -0.4 is 4.90 Å². The molecular weight excluding hydrogens is 306 g/mol. The average molecular weight is 327 g/mol. The largest absolute Gasteiger partial charge is 0.338 e. The lowest BCUT2D eigenvalue weighted by Crippen LogP contribution is -2.51. The number of allylic oxidation sites excluding steroid dienone is 2. The molecule has 2 aliphatic heterocycles. The third-order valence-electron chi connectivity index (χ3n) is 5.15. The highest BCUT2D eigenvalue weighted by Gasteiger charge is 2.47. The van der Waals surface area contributed by atoms with E-state index in [1.165, 1.54) is 4.90 Å². The first-order valence-corrected chi connectivity index (χ1v) is 8.48. The summed E-state index contributed by atoms with van der Waals surface area (Å²) in [5.41, 5.74) is 0. The Balaban J connectivity index is 1.36. The lowest BCUT2D eigenvalue weighted by Gasteiger charge is -2.36. The molecule has 0 aromatic carbocycles. The molecule has 0 saturated carbocycles. The maximum atomic E-state index is 12.5. The van der Waals surface area contributed by atoms with Crippen LogP contribution in [0, 0.1) is 11.8 Å². The van der Waals surface area contributed by atoms with Crippen LogP contribution in [-0.4, -0.2) is 64.4 Å². The highest BCUT2D eigenvalue weighted by atomic mass is 16.2. The molecule has 1 aromatic heterocycles. The van der Waals surface area contributed by atoms with Gasteiger partial charge in [-0.3, -0.25) is 19.4 Å². The molecule has 1 aliphatic carbocycles. The molecule has 2 amide bonds. The van der Waals surface area contributed by atoms with E-state index >= 15 is 0 Å². The molecule has 0 N–H and O–H groups in total. The van der Waals surface area contributed by atoms with Gasteiger partial charge in [-0.1, -0.05) is 12.2 Å². The molecule has 0 bridgehead atoms. The Labute approximate surface area is 141 Å². The molecular formula is C17H21N5O2. The molecule has 7 nitrogen and oxygen atoms in total. The van der Waals surface area contributed by atoms with Crippen molar-refractivity contribution in [1.82, 2.24) is 19.8 Å². The van der Waals surface area contributed by atoms with E-state index in [1.54, 1.807) is 18.5 Å². The molecule has 4 rings (SSSR count). The van der Waals surface area contributed by atoms with Gasteiger partial charge in [0.05, 0.1) is 18.5 Å². The first-order valence-electron chi connectivity index (χ1n) is 8.48. The minimum atomic E-state index is -0.137. The van der Waals surface area contributed by atoms with Gasteiger partial charge in [-0.05, 0) is 18.9 Å². The number of amides is 2. The van der Waals surface area contributed by atoms with Crippen molar-refractivity contribution in [1.29, 1.82) is 0 Å². The van der Waals surface area contributed by atoms with Gasteiger partial charge in [-0.25, -0.2) is 9.97 Å². The highest BCUT2D eigenvalue weighted by Crippen LogP contribution is 2.35. The van der Waals surface area contributed by atoms with E-state index in [0.717, 1.165) is 32.1 Å². The Kier molecular flexibility index (Phi) is 4.02. The van der Waals surface area contributed by atoms with Crippen LogP contribution >= 0.6 is 0 Å². The van der Waals surface area contributed by atoms with Crippen LogP contribution in [0.15, 0.2) is 30.6 Å². The van der Waals surface area contributed by atoms with Crippen molar-refractivity contribution >= 4 is 17.8 Å². The van der Waals surface area contributed by atoms with E-state index in [4.69, 9.17) is 0 Å². The number of nitrogens with zero attached hydrogens (tertiary/aromatic N) is 5. The van der Waals surface area contributed by atoms with Crippen molar-refractivity contribution in [2.45, 2.75) is 12.8 Å². The zero-order valence-electron chi connectivity index (χ0n) is 13.5. The Bertz CT molecular complexity index is 628. The summed E-state index contributed by atoms with van der Waals surface area (Å²) >= 11 is 0. The van der Waals surface area contributed by atoms with Crippen LogP contribution in [0.25, 0.3) is 0 Å². The van der Waals surface area contributed by atoms with Crippen molar-refractivity contribution in [3.05, 3.63) is 30.6 Å². The number of aromatic nitrogens is 2. The summed E-state index contributed by atoms with van der Waals surface area (Å²) in [6.45, 7) is 3.60. The topological polar surface area (TPSA) is 69.6 Å². The Morgan fingerprint density at radius 1 is 0.917 bits per heavy atom. The molecule has 7 heteroatoms. The number of imide groups is 1. The highest BCUT2D eigenvalue weighted by molar-refractivity contribution is 6.05. The molecule has 0 spiro atoms. The molecule has 2 atom stereocenters. The number of carbonyl (C=O) groups excluding carboxylic acids is 2. The molecule has 24 heavy (non-hydrogen) atoms. The van der Waals surface area contributed by atoms with Crippen LogP contribution in [0.3, 0.4) is 0 Å². The van der Waals surface area contributed by atoms with Crippen LogP contribution in [0.2, 0.25) is 0 Å². The summed E-state index contributed by atoms with van der Waals surface area (Å²) in [6.07, 6.45) is 8.93. The summed E-state index contributed by atoms with van der Waals surface area (Å²) in [7, 11) is 0. The van der Waals surface area contributed by atoms with E-state index in [0.29, 0.717) is 19.5 Å². The summed E-state index contributed by atoms with van der Waals surface area (Å²) in [5, 5.41) is 0. The van der Waals surface area contributed by atoms with Gasteiger partial charge in [0.15, 0.2) is 0 Å². The van der Waals surface area contributed by atoms with Gasteiger partial charge >= 0.3 is 0 Å². The minimum absolute atomic E-state index is 0.00294. The number of hydrogen-bond acceptors (Lipinski definition) is 6. The lowest BCUT2D eigenvalue weighted by atomic mass is 9.85. The molecule has 1 aromatic rings. The van der Waals surface area contributed by atoms with Crippen LogP contribution in [0.4, 0.5) is 5.95 Å². The Hall–Kier alpha value is -2.28. The minimum Gasteiger partial charge on any atom is -0.338 e. The van der Waals surface area contributed by atoms with Gasteiger partial charge in [-0.15, -0.1) is 0 Å². The average Bonchev–Trinajstić information content (AvgIpc) is 2.88. The fraction of sp³-hybridized carbons (Fsp3) is 0.529. The molecule has 0 radical (unpaired) electrons. The smallest absolute Gasteiger partial charge is 0.234 e. The van der Waals surface area contributed by atoms with Gasteiger partial charge in [0.1, 0.15) is 0 Å². The Morgan fingerprint density at radius 2 is 1.50 bits per heavy atom. The van der Waals surface area contributed by atoms with Crippen LogP contribution in [0.1, 0.15) is 12.8 Å². The van der Waals surface area contributed by atoms with Crippen LogP contribution in [0.5, 0.6) is 0 Å². The van der Waals surface area contributed by atoms with Gasteiger partial charge < -0.3 is 4.90 Å². The number of carbonyl (C=O) groups is 2. The van der Waals surface area contributed by atoms with E-state index in [9.17, 15) is 9.59 Å². The first kappa shape index (κ1) is 15.3. The quantitative estimate of drug-likeness (QED) is 0.595. The predicted molar refractivity (Wildman–Crippen MR) is 87.9 cm³/mol. The second kappa shape index (κ2) is 6.32. The van der Waals surface area contributed by atoms with Crippen molar-refractivity contribution in [2.75, 3.05) is 37.7 Å². The number of hydrogen-bond donors (Lipinski definition) is 0. The van der Waals surface area contributed by atoms with E-state index in [1.807, 2.05) is 12.2 Å². The van der Waals surface area contributed by atoms with Crippen molar-refractivity contribution in [3.63, 3.8) is 0 Å². The second-order valence-electron chi connectivity index (χ2n) is 6.56. The molecule has 2 saturated heterocycles. The number of rotatable bonds is 3. The van der Waals surface area contributed by atoms with Gasteiger partial charge in [0.2, 0.25) is 17.8 Å². The van der Waals surface area contributed by atoms with Gasteiger partial charge in [0.25, 0.3) is 0 Å². The third-order valence-corrected chi connectivity index (χ3v) is 5.15. The number of anilines is 1. The number of fused-ring (bicyclic) bond motifs is 1. The lowest BCUT2D eigenvalue weighted by molar-refractivity contribution is -0.142. The zero-order chi connectivity index (χ0) is 16.5. The maximum absolute atomic E-state index is 12.5. The summed E-state index contributed by atoms with van der Waals surface area (Å²) in [5.74, 6) is 0.469. The van der Waals surface area contributed by atoms with Gasteiger partial charge in [0, 0.05) is 38.6 Å². The SMILES string of the molecule is O=C1[C@H]2CC=CC[C@H]2C(=O)N1CN1CCN(c2ncccn2)CC1. The van der Waals surface area contributed by atoms with Gasteiger partial charge in [-0.2, -0.15) is 0 Å². The summed E-state index contributed by atoms with van der Waals surface area (Å²) in [6, 6.07) is 1.80. The normalized spacial score (nSPS) is 27.7. The fourth-order valence-electron chi connectivity index (χ4n) is 3.75. The second-order valence-corrected chi connectivity index (χ2v) is 6.56. The summed E-state index contributed by atoms with van der Waals surface area (Å²) in [4.78, 5) is 39.4. The predicted octanol–water partition coefficient (Wildman–Crippen LogP) is 0.507. The number of likely N-dealkylation sites (tertiary alicyclic amines) is 1. The fourth-order valence-corrected chi connectivity index (χ4v) is 3.75. The molecule has 3 aliphatic rings. The Morgan fingerprint density at radius 3 is 2.08 bits per heavy atom. The maximum Gasteiger partial charge on any atom is 0.234 e. The molecule has 126 valence electrons. The zero-order valence-corrected chi connectivity index (χ0v) is 13.5. The van der Waals surface area contributed by atoms with E-state index in [2.05, 4.69) is 19.8 Å². The summed E-state index contributed by atoms with van der Waals surface area (Å²) < 4.78 is 0. The van der Waals surface area contributed by atoms with Crippen LogP contribution in [-0.2, 0) is 9.59 Å². The third kappa shape index (κ3) is 2.69. The molecule has 2 fully saturated rings. The van der Waals surface area contributed by atoms with Crippen molar-refractivity contribution in [2.24, 2.45) is 11.8 Å². The first-order chi connectivity index (χ1) is 11.7. The van der Waals surface area contributed by atoms with E-state index < -0.39 is 0 Å². The van der Waals surface area contributed by atoms with Crippen molar-refractivity contribution < 1.29 is 9.59 Å².